The van der Waals surface area contributed by atoms with Gasteiger partial charge in [0.2, 0.25) is 5.95 Å². The van der Waals surface area contributed by atoms with Crippen LogP contribution in [0.5, 0.6) is 0 Å². The molecule has 3 aromatic heterocycles. The van der Waals surface area contributed by atoms with Crippen LogP contribution in [0.2, 0.25) is 0 Å². The molecule has 0 fully saturated rings. The van der Waals surface area contributed by atoms with Gasteiger partial charge in [-0.05, 0) is 6.92 Å². The first-order chi connectivity index (χ1) is 9.28. The van der Waals surface area contributed by atoms with E-state index < -0.39 is 0 Å². The number of aromatic nitrogens is 7. The molecule has 0 unspecified atom stereocenters. The minimum absolute atomic E-state index is 0.180. The number of nitrogens with two attached hydrogens (primary N) is 1. The van der Waals surface area contributed by atoms with E-state index in [1.54, 1.807) is 12.7 Å². The van der Waals surface area contributed by atoms with Crippen LogP contribution in [0.3, 0.4) is 0 Å². The summed E-state index contributed by atoms with van der Waals surface area (Å²) in [5.41, 5.74) is 6.89. The topological polar surface area (TPSA) is 123 Å². The number of anilines is 2. The Kier molecular flexibility index (Phi) is 2.71. The first-order valence-corrected chi connectivity index (χ1v) is 5.85. The van der Waals surface area contributed by atoms with E-state index in [0.29, 0.717) is 18.0 Å². The largest absolute Gasteiger partial charge is 0.368 e. The predicted octanol–water partition coefficient (Wildman–Crippen LogP) is 0.159. The molecule has 0 aliphatic carbocycles. The quantitative estimate of drug-likeness (QED) is 0.609. The second kappa shape index (κ2) is 4.52. The Hall–Kier alpha value is -2.71. The predicted molar refractivity (Wildman–Crippen MR) is 69.1 cm³/mol. The Morgan fingerprint density at radius 1 is 1.42 bits per heavy atom. The lowest BCUT2D eigenvalue weighted by molar-refractivity contribution is 0.707. The SMILES string of the molecule is CCn1cnnc1CNc1nc(N)nc2nc[nH]c12. The third-order valence-corrected chi connectivity index (χ3v) is 2.75. The molecule has 0 radical (unpaired) electrons. The van der Waals surface area contributed by atoms with Crippen LogP contribution in [-0.4, -0.2) is 34.7 Å². The molecule has 98 valence electrons. The van der Waals surface area contributed by atoms with Gasteiger partial charge in [-0.2, -0.15) is 9.97 Å². The van der Waals surface area contributed by atoms with Gasteiger partial charge in [0, 0.05) is 6.54 Å². The van der Waals surface area contributed by atoms with Crippen molar-refractivity contribution in [1.29, 1.82) is 0 Å². The molecular formula is C10H13N9. The highest BCUT2D eigenvalue weighted by molar-refractivity contribution is 5.83. The smallest absolute Gasteiger partial charge is 0.224 e. The van der Waals surface area contributed by atoms with Gasteiger partial charge in [-0.3, -0.25) is 0 Å². The Bertz CT molecular complexity index is 698. The molecule has 0 amide bonds. The maximum atomic E-state index is 5.64. The third-order valence-electron chi connectivity index (χ3n) is 2.75. The maximum absolute atomic E-state index is 5.64. The van der Waals surface area contributed by atoms with Crippen molar-refractivity contribution in [2.75, 3.05) is 11.1 Å². The zero-order valence-corrected chi connectivity index (χ0v) is 10.3. The van der Waals surface area contributed by atoms with E-state index in [-0.39, 0.29) is 5.95 Å². The lowest BCUT2D eigenvalue weighted by atomic mass is 10.4. The van der Waals surface area contributed by atoms with Crippen molar-refractivity contribution in [3.05, 3.63) is 18.5 Å². The summed E-state index contributed by atoms with van der Waals surface area (Å²) in [6, 6.07) is 0. The Morgan fingerprint density at radius 2 is 2.32 bits per heavy atom. The van der Waals surface area contributed by atoms with Crippen LogP contribution in [-0.2, 0) is 13.1 Å². The number of aromatic amines is 1. The molecule has 3 aromatic rings. The summed E-state index contributed by atoms with van der Waals surface area (Å²) in [5, 5.41) is 11.1. The van der Waals surface area contributed by atoms with Gasteiger partial charge in [-0.15, -0.1) is 10.2 Å². The Morgan fingerprint density at radius 3 is 3.16 bits per heavy atom. The standard InChI is InChI=1S/C10H13N9/c1-2-19-5-15-18-6(19)3-12-8-7-9(14-4-13-7)17-10(11)16-8/h4-5H,2-3H2,1H3,(H4,11,12,13,14,16,17). The molecule has 3 heterocycles. The third kappa shape index (κ3) is 2.05. The van der Waals surface area contributed by atoms with Crippen LogP contribution in [0, 0.1) is 0 Å². The summed E-state index contributed by atoms with van der Waals surface area (Å²) in [7, 11) is 0. The van der Waals surface area contributed by atoms with Gasteiger partial charge < -0.3 is 20.6 Å². The lowest BCUT2D eigenvalue weighted by Crippen LogP contribution is -2.10. The van der Waals surface area contributed by atoms with Gasteiger partial charge in [0.05, 0.1) is 12.9 Å². The fraction of sp³-hybridized carbons (Fsp3) is 0.300. The van der Waals surface area contributed by atoms with Crippen molar-refractivity contribution in [3.63, 3.8) is 0 Å². The zero-order valence-electron chi connectivity index (χ0n) is 10.3. The molecule has 19 heavy (non-hydrogen) atoms. The molecule has 3 rings (SSSR count). The second-order valence-corrected chi connectivity index (χ2v) is 3.92. The summed E-state index contributed by atoms with van der Waals surface area (Å²) < 4.78 is 1.95. The molecule has 0 aliphatic rings. The first kappa shape index (κ1) is 11.4. The van der Waals surface area contributed by atoms with E-state index in [1.165, 1.54) is 0 Å². The van der Waals surface area contributed by atoms with Crippen molar-refractivity contribution in [2.24, 2.45) is 0 Å². The molecule has 0 bridgehead atoms. The number of aryl methyl sites for hydroxylation is 1. The van der Waals surface area contributed by atoms with E-state index in [0.717, 1.165) is 17.9 Å². The lowest BCUT2D eigenvalue weighted by Gasteiger charge is -2.07. The minimum atomic E-state index is 0.180. The van der Waals surface area contributed by atoms with Crippen LogP contribution in [0.25, 0.3) is 11.2 Å². The highest BCUT2D eigenvalue weighted by atomic mass is 15.3. The van der Waals surface area contributed by atoms with Crippen LogP contribution in [0.4, 0.5) is 11.8 Å². The summed E-state index contributed by atoms with van der Waals surface area (Å²) in [6.45, 7) is 3.34. The fourth-order valence-electron chi connectivity index (χ4n) is 1.82. The number of rotatable bonds is 4. The number of nitrogens with one attached hydrogen (secondary N) is 2. The zero-order chi connectivity index (χ0) is 13.2. The van der Waals surface area contributed by atoms with Crippen molar-refractivity contribution >= 4 is 22.9 Å². The average molecular weight is 259 g/mol. The number of nitrogen functional groups attached to an aromatic ring is 1. The molecule has 0 atom stereocenters. The Labute approximate surface area is 108 Å². The molecule has 0 saturated carbocycles. The van der Waals surface area contributed by atoms with Gasteiger partial charge in [-0.25, -0.2) is 4.98 Å². The van der Waals surface area contributed by atoms with Crippen molar-refractivity contribution < 1.29 is 0 Å². The molecular weight excluding hydrogens is 246 g/mol. The molecule has 9 nitrogen and oxygen atoms in total. The van der Waals surface area contributed by atoms with E-state index >= 15 is 0 Å². The fourth-order valence-corrected chi connectivity index (χ4v) is 1.82. The van der Waals surface area contributed by atoms with E-state index in [4.69, 9.17) is 5.73 Å². The van der Waals surface area contributed by atoms with Gasteiger partial charge in [0.1, 0.15) is 11.8 Å². The molecule has 9 heteroatoms. The number of hydrogen-bond acceptors (Lipinski definition) is 7. The minimum Gasteiger partial charge on any atom is -0.368 e. The first-order valence-electron chi connectivity index (χ1n) is 5.85. The van der Waals surface area contributed by atoms with Crippen molar-refractivity contribution in [1.82, 2.24) is 34.7 Å². The summed E-state index contributed by atoms with van der Waals surface area (Å²) in [5.74, 6) is 1.61. The van der Waals surface area contributed by atoms with Gasteiger partial charge in [0.15, 0.2) is 17.3 Å². The van der Waals surface area contributed by atoms with Crippen molar-refractivity contribution in [2.45, 2.75) is 20.0 Å². The number of imidazole rings is 1. The van der Waals surface area contributed by atoms with Crippen LogP contribution >= 0.6 is 0 Å². The van der Waals surface area contributed by atoms with E-state index in [2.05, 4.69) is 35.5 Å². The number of hydrogen-bond donors (Lipinski definition) is 3. The molecule has 0 aliphatic heterocycles. The highest BCUT2D eigenvalue weighted by Crippen LogP contribution is 2.17. The Balaban J connectivity index is 1.87. The molecule has 4 N–H and O–H groups in total. The number of nitrogens with zero attached hydrogens (tertiary/aromatic N) is 6. The van der Waals surface area contributed by atoms with Gasteiger partial charge in [-0.1, -0.05) is 0 Å². The van der Waals surface area contributed by atoms with Gasteiger partial charge >= 0.3 is 0 Å². The maximum Gasteiger partial charge on any atom is 0.224 e. The summed E-state index contributed by atoms with van der Waals surface area (Å²) in [6.07, 6.45) is 3.25. The second-order valence-electron chi connectivity index (χ2n) is 3.92. The molecule has 0 saturated heterocycles. The summed E-state index contributed by atoms with van der Waals surface area (Å²) in [4.78, 5) is 15.2. The van der Waals surface area contributed by atoms with E-state index in [9.17, 15) is 0 Å². The van der Waals surface area contributed by atoms with Crippen molar-refractivity contribution in [3.8, 4) is 0 Å². The van der Waals surface area contributed by atoms with Crippen LogP contribution < -0.4 is 11.1 Å². The normalized spacial score (nSPS) is 11.0. The number of H-pyrrole nitrogens is 1. The van der Waals surface area contributed by atoms with Crippen LogP contribution in [0.15, 0.2) is 12.7 Å². The average Bonchev–Trinajstić information content (AvgIpc) is 3.03. The monoisotopic (exact) mass is 259 g/mol. The molecule has 0 spiro atoms. The van der Waals surface area contributed by atoms with Crippen LogP contribution in [0.1, 0.15) is 12.7 Å². The number of fused-ring (bicyclic) bond motifs is 1. The van der Waals surface area contributed by atoms with E-state index in [1.807, 2.05) is 11.5 Å². The summed E-state index contributed by atoms with van der Waals surface area (Å²) >= 11 is 0. The highest BCUT2D eigenvalue weighted by Gasteiger charge is 2.09. The van der Waals surface area contributed by atoms with Gasteiger partial charge in [0.25, 0.3) is 0 Å². The molecule has 0 aromatic carbocycles.